The van der Waals surface area contributed by atoms with Crippen LogP contribution in [0.25, 0.3) is 0 Å². The Morgan fingerprint density at radius 2 is 2.00 bits per heavy atom. The topological polar surface area (TPSA) is 84.3 Å². The average Bonchev–Trinajstić information content (AvgIpc) is 2.65. The number of rotatable bonds is 7. The zero-order valence-corrected chi connectivity index (χ0v) is 15.6. The van der Waals surface area contributed by atoms with Gasteiger partial charge in [-0.1, -0.05) is 0 Å². The van der Waals surface area contributed by atoms with Crippen molar-refractivity contribution in [3.05, 3.63) is 17.5 Å². The summed E-state index contributed by atoms with van der Waals surface area (Å²) in [5, 5.41) is 7.29. The SMILES string of the molecule is CCN(C(=O)N[C@@H](C)Cn1nc(C)cc1C)[C@H](C)CS(C)(=O)=O. The number of urea groups is 1. The van der Waals surface area contributed by atoms with Crippen LogP contribution in [0.5, 0.6) is 0 Å². The van der Waals surface area contributed by atoms with E-state index in [4.69, 9.17) is 0 Å². The lowest BCUT2D eigenvalue weighted by molar-refractivity contribution is 0.182. The summed E-state index contributed by atoms with van der Waals surface area (Å²) in [4.78, 5) is 13.9. The third kappa shape index (κ3) is 6.21. The van der Waals surface area contributed by atoms with E-state index < -0.39 is 9.84 Å². The maximum atomic E-state index is 12.4. The highest BCUT2D eigenvalue weighted by Gasteiger charge is 2.23. The quantitative estimate of drug-likeness (QED) is 0.809. The molecule has 0 fully saturated rings. The van der Waals surface area contributed by atoms with E-state index in [2.05, 4.69) is 10.4 Å². The summed E-state index contributed by atoms with van der Waals surface area (Å²) in [6.45, 7) is 10.4. The first kappa shape index (κ1) is 19.5. The smallest absolute Gasteiger partial charge is 0.317 e. The predicted octanol–water partition coefficient (Wildman–Crippen LogP) is 1.35. The molecule has 0 aliphatic heterocycles. The van der Waals surface area contributed by atoms with Gasteiger partial charge in [-0.25, -0.2) is 13.2 Å². The van der Waals surface area contributed by atoms with Crippen molar-refractivity contribution < 1.29 is 13.2 Å². The predicted molar refractivity (Wildman–Crippen MR) is 91.2 cm³/mol. The van der Waals surface area contributed by atoms with Gasteiger partial charge >= 0.3 is 6.03 Å². The van der Waals surface area contributed by atoms with Gasteiger partial charge in [-0.3, -0.25) is 4.68 Å². The molecule has 1 aromatic heterocycles. The van der Waals surface area contributed by atoms with Gasteiger partial charge in [0.1, 0.15) is 9.84 Å². The Kier molecular flexibility index (Phi) is 6.61. The fourth-order valence-electron chi connectivity index (χ4n) is 2.64. The van der Waals surface area contributed by atoms with Crippen LogP contribution in [0.15, 0.2) is 6.07 Å². The molecular formula is C15H28N4O3S. The van der Waals surface area contributed by atoms with E-state index in [1.165, 1.54) is 6.26 Å². The molecule has 1 N–H and O–H groups in total. The minimum absolute atomic E-state index is 0.0416. The first-order valence-electron chi connectivity index (χ1n) is 7.79. The van der Waals surface area contributed by atoms with E-state index in [0.717, 1.165) is 11.4 Å². The molecule has 2 atom stereocenters. The minimum Gasteiger partial charge on any atom is -0.334 e. The van der Waals surface area contributed by atoms with E-state index in [0.29, 0.717) is 13.1 Å². The van der Waals surface area contributed by atoms with Gasteiger partial charge < -0.3 is 10.2 Å². The van der Waals surface area contributed by atoms with Crippen LogP contribution in [-0.2, 0) is 16.4 Å². The van der Waals surface area contributed by atoms with E-state index in [9.17, 15) is 13.2 Å². The Morgan fingerprint density at radius 1 is 1.39 bits per heavy atom. The van der Waals surface area contributed by atoms with Crippen molar-refractivity contribution in [2.24, 2.45) is 0 Å². The summed E-state index contributed by atoms with van der Waals surface area (Å²) < 4.78 is 24.7. The zero-order chi connectivity index (χ0) is 17.8. The summed E-state index contributed by atoms with van der Waals surface area (Å²) in [5.41, 5.74) is 1.99. The molecule has 0 spiro atoms. The van der Waals surface area contributed by atoms with Gasteiger partial charge in [-0.15, -0.1) is 0 Å². The molecule has 2 amide bonds. The van der Waals surface area contributed by atoms with Gasteiger partial charge in [0, 0.05) is 30.6 Å². The largest absolute Gasteiger partial charge is 0.334 e. The van der Waals surface area contributed by atoms with Crippen molar-refractivity contribution in [3.63, 3.8) is 0 Å². The van der Waals surface area contributed by atoms with E-state index in [1.807, 2.05) is 38.4 Å². The summed E-state index contributed by atoms with van der Waals surface area (Å²) in [7, 11) is -3.13. The first-order valence-corrected chi connectivity index (χ1v) is 9.85. The van der Waals surface area contributed by atoms with Crippen molar-refractivity contribution in [3.8, 4) is 0 Å². The number of nitrogens with one attached hydrogen (secondary N) is 1. The zero-order valence-electron chi connectivity index (χ0n) is 14.8. The van der Waals surface area contributed by atoms with Crippen molar-refractivity contribution in [2.75, 3.05) is 18.6 Å². The molecule has 1 heterocycles. The van der Waals surface area contributed by atoms with Crippen molar-refractivity contribution in [1.29, 1.82) is 0 Å². The van der Waals surface area contributed by atoms with E-state index in [-0.39, 0.29) is 23.9 Å². The number of amides is 2. The van der Waals surface area contributed by atoms with Crippen LogP contribution >= 0.6 is 0 Å². The molecule has 8 heteroatoms. The maximum absolute atomic E-state index is 12.4. The van der Waals surface area contributed by atoms with Crippen LogP contribution in [0.3, 0.4) is 0 Å². The molecule has 0 radical (unpaired) electrons. The molecule has 0 aliphatic rings. The summed E-state index contributed by atoms with van der Waals surface area (Å²) in [6.07, 6.45) is 1.18. The van der Waals surface area contributed by atoms with Crippen molar-refractivity contribution in [2.45, 2.75) is 53.2 Å². The van der Waals surface area contributed by atoms with Crippen LogP contribution < -0.4 is 5.32 Å². The van der Waals surface area contributed by atoms with Crippen molar-refractivity contribution in [1.82, 2.24) is 20.0 Å². The third-order valence-corrected chi connectivity index (χ3v) is 4.69. The van der Waals surface area contributed by atoms with Gasteiger partial charge in [0.2, 0.25) is 0 Å². The lowest BCUT2D eigenvalue weighted by Crippen LogP contribution is -2.50. The Hall–Kier alpha value is -1.57. The lowest BCUT2D eigenvalue weighted by atomic mass is 10.3. The Labute approximate surface area is 139 Å². The van der Waals surface area contributed by atoms with Crippen LogP contribution in [0, 0.1) is 13.8 Å². The molecule has 7 nitrogen and oxygen atoms in total. The fraction of sp³-hybridized carbons (Fsp3) is 0.733. The number of hydrogen-bond acceptors (Lipinski definition) is 4. The number of nitrogens with zero attached hydrogens (tertiary/aromatic N) is 3. The molecule has 132 valence electrons. The lowest BCUT2D eigenvalue weighted by Gasteiger charge is -2.29. The van der Waals surface area contributed by atoms with Crippen molar-refractivity contribution >= 4 is 15.9 Å². The molecule has 0 bridgehead atoms. The number of hydrogen-bond donors (Lipinski definition) is 1. The van der Waals surface area contributed by atoms with Gasteiger partial charge in [0.15, 0.2) is 0 Å². The monoisotopic (exact) mass is 344 g/mol. The van der Waals surface area contributed by atoms with Gasteiger partial charge in [-0.05, 0) is 40.7 Å². The van der Waals surface area contributed by atoms with E-state index in [1.54, 1.807) is 11.8 Å². The number of carbonyl (C=O) groups excluding carboxylic acids is 1. The Bertz CT molecular complexity index is 639. The molecule has 0 unspecified atom stereocenters. The molecular weight excluding hydrogens is 316 g/mol. The molecule has 0 saturated heterocycles. The number of aromatic nitrogens is 2. The number of aryl methyl sites for hydroxylation is 2. The summed E-state index contributed by atoms with van der Waals surface area (Å²) >= 11 is 0. The standard InChI is InChI=1S/C15H28N4O3S/c1-7-18(14(5)10-23(6,21)22)15(20)16-12(3)9-19-13(4)8-11(2)17-19/h8,12,14H,7,9-10H2,1-6H3,(H,16,20)/t12-,14+/m0/s1. The highest BCUT2D eigenvalue weighted by molar-refractivity contribution is 7.90. The minimum atomic E-state index is -3.13. The second kappa shape index (κ2) is 7.81. The third-order valence-electron chi connectivity index (χ3n) is 3.60. The maximum Gasteiger partial charge on any atom is 0.317 e. The normalized spacial score (nSPS) is 14.3. The van der Waals surface area contributed by atoms with Crippen LogP contribution in [0.4, 0.5) is 4.79 Å². The first-order chi connectivity index (χ1) is 10.5. The Balaban J connectivity index is 2.66. The molecule has 0 aromatic carbocycles. The number of carbonyl (C=O) groups is 1. The Morgan fingerprint density at radius 3 is 2.43 bits per heavy atom. The van der Waals surface area contributed by atoms with Gasteiger partial charge in [0.05, 0.1) is 18.0 Å². The second-order valence-corrected chi connectivity index (χ2v) is 8.37. The highest BCUT2D eigenvalue weighted by Crippen LogP contribution is 2.06. The van der Waals surface area contributed by atoms with Gasteiger partial charge in [0.25, 0.3) is 0 Å². The molecule has 1 aromatic rings. The summed E-state index contributed by atoms with van der Waals surface area (Å²) in [6, 6.07) is 1.26. The molecule has 0 saturated carbocycles. The van der Waals surface area contributed by atoms with Crippen LogP contribution in [0.2, 0.25) is 0 Å². The number of sulfone groups is 1. The fourth-order valence-corrected chi connectivity index (χ4v) is 3.70. The molecule has 23 heavy (non-hydrogen) atoms. The molecule has 1 rings (SSSR count). The average molecular weight is 344 g/mol. The van der Waals surface area contributed by atoms with Crippen LogP contribution in [0.1, 0.15) is 32.2 Å². The van der Waals surface area contributed by atoms with Crippen LogP contribution in [-0.4, -0.2) is 59.8 Å². The molecule has 0 aliphatic carbocycles. The second-order valence-electron chi connectivity index (χ2n) is 6.19. The highest BCUT2D eigenvalue weighted by atomic mass is 32.2. The van der Waals surface area contributed by atoms with Gasteiger partial charge in [-0.2, -0.15) is 5.10 Å². The summed E-state index contributed by atoms with van der Waals surface area (Å²) in [5.74, 6) is -0.0416. The van der Waals surface area contributed by atoms with E-state index >= 15 is 0 Å².